The van der Waals surface area contributed by atoms with Gasteiger partial charge in [0.1, 0.15) is 0 Å². The standard InChI is InChI=1S/C22H36N2O2Se/c1-3-5-7-9-11-13-15-25-21-17-19-20(24-27-23-19)18-22(21)26-16-14-12-10-8-6-4-2/h17-18H,3-16H2,1-2H3. The van der Waals surface area contributed by atoms with Crippen molar-refractivity contribution in [1.29, 1.82) is 0 Å². The molecule has 5 heteroatoms. The first-order chi connectivity index (χ1) is 13.3. The van der Waals surface area contributed by atoms with Crippen LogP contribution in [-0.2, 0) is 0 Å². The van der Waals surface area contributed by atoms with Gasteiger partial charge in [-0.2, -0.15) is 0 Å². The third-order valence-electron chi connectivity index (χ3n) is 4.83. The Kier molecular flexibility index (Phi) is 11.5. The van der Waals surface area contributed by atoms with Crippen molar-refractivity contribution < 1.29 is 9.47 Å². The summed E-state index contributed by atoms with van der Waals surface area (Å²) in [5.74, 6) is 1.68. The number of hydrogen-bond donors (Lipinski definition) is 0. The summed E-state index contributed by atoms with van der Waals surface area (Å²) in [6.45, 7) is 6.01. The molecule has 0 radical (unpaired) electrons. The Bertz CT molecular complexity index is 578. The molecular formula is C22H36N2O2Se. The van der Waals surface area contributed by atoms with E-state index in [9.17, 15) is 0 Å². The minimum atomic E-state index is -0.0171. The predicted molar refractivity (Wildman–Crippen MR) is 114 cm³/mol. The maximum absolute atomic E-state index is 6.06. The van der Waals surface area contributed by atoms with E-state index in [1.165, 1.54) is 64.2 Å². The van der Waals surface area contributed by atoms with Gasteiger partial charge in [0.25, 0.3) is 0 Å². The van der Waals surface area contributed by atoms with Gasteiger partial charge in [-0.1, -0.05) is 13.8 Å². The van der Waals surface area contributed by atoms with E-state index in [1.54, 1.807) is 0 Å². The summed E-state index contributed by atoms with van der Waals surface area (Å²) in [5, 5.41) is 0. The number of rotatable bonds is 16. The maximum atomic E-state index is 6.06. The van der Waals surface area contributed by atoms with Crippen molar-refractivity contribution in [2.45, 2.75) is 90.9 Å². The fraction of sp³-hybridized carbons (Fsp3) is 0.727. The van der Waals surface area contributed by atoms with Gasteiger partial charge in [0.2, 0.25) is 0 Å². The second-order valence-corrected chi connectivity index (χ2v) is 8.39. The number of fused-ring (bicyclic) bond motifs is 1. The SMILES string of the molecule is CCCCCCCCOc1cc2n[se]nc2cc1OCCCCCCCC. The Morgan fingerprint density at radius 1 is 0.630 bits per heavy atom. The van der Waals surface area contributed by atoms with Crippen LogP contribution in [-0.4, -0.2) is 36.1 Å². The minimum absolute atomic E-state index is 0.0171. The van der Waals surface area contributed by atoms with E-state index in [4.69, 9.17) is 9.47 Å². The molecule has 0 aliphatic rings. The Morgan fingerprint density at radius 2 is 1.04 bits per heavy atom. The summed E-state index contributed by atoms with van der Waals surface area (Å²) in [4.78, 5) is 0. The molecule has 1 aromatic heterocycles. The molecule has 0 saturated heterocycles. The molecule has 0 unspecified atom stereocenters. The molecule has 0 amide bonds. The molecule has 2 aromatic rings. The molecule has 27 heavy (non-hydrogen) atoms. The number of benzene rings is 1. The first-order valence-electron chi connectivity index (χ1n) is 10.9. The summed E-state index contributed by atoms with van der Waals surface area (Å²) >= 11 is -0.0171. The fourth-order valence-electron chi connectivity index (χ4n) is 3.15. The molecule has 0 fully saturated rings. The number of nitrogens with zero attached hydrogens (tertiary/aromatic N) is 2. The number of hydrogen-bond acceptors (Lipinski definition) is 4. The summed E-state index contributed by atoms with van der Waals surface area (Å²) in [6, 6.07) is 4.03. The van der Waals surface area contributed by atoms with E-state index in [1.807, 2.05) is 12.1 Å². The molecule has 152 valence electrons. The molecule has 0 aliphatic carbocycles. The molecule has 1 aromatic carbocycles. The fourth-order valence-corrected chi connectivity index (χ4v) is 4.22. The van der Waals surface area contributed by atoms with Crippen molar-refractivity contribution in [3.8, 4) is 11.5 Å². The van der Waals surface area contributed by atoms with Gasteiger partial charge in [-0.3, -0.25) is 0 Å². The van der Waals surface area contributed by atoms with Crippen LogP contribution in [0.15, 0.2) is 12.1 Å². The van der Waals surface area contributed by atoms with Gasteiger partial charge in [0.05, 0.1) is 0 Å². The van der Waals surface area contributed by atoms with Gasteiger partial charge in [-0.25, -0.2) is 0 Å². The summed E-state index contributed by atoms with van der Waals surface area (Å²) in [6.07, 6.45) is 15.2. The summed E-state index contributed by atoms with van der Waals surface area (Å²) in [7, 11) is 0. The van der Waals surface area contributed by atoms with Gasteiger partial charge < -0.3 is 0 Å². The van der Waals surface area contributed by atoms with E-state index in [0.717, 1.165) is 48.6 Å². The molecule has 0 atom stereocenters. The number of aromatic nitrogens is 2. The molecule has 0 spiro atoms. The van der Waals surface area contributed by atoms with Gasteiger partial charge in [-0.15, -0.1) is 0 Å². The second kappa shape index (κ2) is 14.0. The third-order valence-corrected chi connectivity index (χ3v) is 6.00. The molecule has 4 nitrogen and oxygen atoms in total. The van der Waals surface area contributed by atoms with Crippen LogP contribution in [0.2, 0.25) is 0 Å². The summed E-state index contributed by atoms with van der Waals surface area (Å²) in [5.41, 5.74) is 1.92. The third kappa shape index (κ3) is 8.66. The molecule has 0 saturated carbocycles. The number of ether oxygens (including phenoxy) is 2. The van der Waals surface area contributed by atoms with E-state index >= 15 is 0 Å². The molecule has 1 heterocycles. The Labute approximate surface area is 171 Å². The van der Waals surface area contributed by atoms with Gasteiger partial charge in [-0.05, 0) is 0 Å². The van der Waals surface area contributed by atoms with Crippen LogP contribution >= 0.6 is 0 Å². The van der Waals surface area contributed by atoms with Crippen molar-refractivity contribution in [2.24, 2.45) is 0 Å². The Hall–Kier alpha value is -1.06. The van der Waals surface area contributed by atoms with Gasteiger partial charge >= 0.3 is 157 Å². The van der Waals surface area contributed by atoms with Crippen molar-refractivity contribution in [3.63, 3.8) is 0 Å². The molecule has 2 rings (SSSR count). The minimum Gasteiger partial charge on any atom is -0.0654 e. The summed E-state index contributed by atoms with van der Waals surface area (Å²) < 4.78 is 21.1. The normalized spacial score (nSPS) is 11.2. The molecule has 0 aliphatic heterocycles. The topological polar surface area (TPSA) is 44.2 Å². The zero-order valence-electron chi connectivity index (χ0n) is 17.2. The van der Waals surface area contributed by atoms with Crippen LogP contribution in [0.4, 0.5) is 0 Å². The van der Waals surface area contributed by atoms with E-state index in [2.05, 4.69) is 21.8 Å². The molecule has 0 N–H and O–H groups in total. The monoisotopic (exact) mass is 440 g/mol. The van der Waals surface area contributed by atoms with E-state index in [-0.39, 0.29) is 15.0 Å². The quantitative estimate of drug-likeness (QED) is 0.232. The van der Waals surface area contributed by atoms with Gasteiger partial charge in [0, 0.05) is 0 Å². The van der Waals surface area contributed by atoms with E-state index < -0.39 is 0 Å². The predicted octanol–water partition coefficient (Wildman–Crippen LogP) is 6.17. The Morgan fingerprint density at radius 3 is 1.48 bits per heavy atom. The van der Waals surface area contributed by atoms with Crippen LogP contribution in [0.3, 0.4) is 0 Å². The molecule has 0 bridgehead atoms. The van der Waals surface area contributed by atoms with Crippen molar-refractivity contribution in [1.82, 2.24) is 7.96 Å². The van der Waals surface area contributed by atoms with Crippen LogP contribution in [0, 0.1) is 0 Å². The first kappa shape index (κ1) is 22.2. The van der Waals surface area contributed by atoms with Crippen molar-refractivity contribution >= 4 is 26.0 Å². The average Bonchev–Trinajstić information content (AvgIpc) is 3.13. The van der Waals surface area contributed by atoms with Gasteiger partial charge in [0.15, 0.2) is 0 Å². The zero-order valence-corrected chi connectivity index (χ0v) is 18.9. The zero-order chi connectivity index (χ0) is 19.2. The second-order valence-electron chi connectivity index (χ2n) is 7.28. The van der Waals surface area contributed by atoms with Crippen LogP contribution in [0.25, 0.3) is 11.0 Å². The number of unbranched alkanes of at least 4 members (excludes halogenated alkanes) is 10. The smallest absolute Gasteiger partial charge is 0.0654 e. The molecular weight excluding hydrogens is 403 g/mol. The Balaban J connectivity index is 1.78. The van der Waals surface area contributed by atoms with Crippen molar-refractivity contribution in [2.75, 3.05) is 13.2 Å². The first-order valence-corrected chi connectivity index (χ1v) is 12.4. The van der Waals surface area contributed by atoms with E-state index in [0.29, 0.717) is 0 Å². The van der Waals surface area contributed by atoms with Crippen LogP contribution in [0.5, 0.6) is 11.5 Å². The average molecular weight is 440 g/mol. The van der Waals surface area contributed by atoms with Crippen LogP contribution < -0.4 is 9.47 Å². The van der Waals surface area contributed by atoms with Crippen LogP contribution in [0.1, 0.15) is 90.9 Å². The van der Waals surface area contributed by atoms with Crippen molar-refractivity contribution in [3.05, 3.63) is 12.1 Å².